The molecule has 0 spiro atoms. The lowest BCUT2D eigenvalue weighted by Crippen LogP contribution is -2.32. The second kappa shape index (κ2) is 10.0. The van der Waals surface area contributed by atoms with Crippen LogP contribution in [0, 0.1) is 0 Å². The van der Waals surface area contributed by atoms with Crippen LogP contribution in [0.2, 0.25) is 0 Å². The number of nitrogens with zero attached hydrogens (tertiary/aromatic N) is 5. The molecule has 1 aliphatic heterocycles. The number of carbonyl (C=O) groups is 2. The summed E-state index contributed by atoms with van der Waals surface area (Å²) in [6.07, 6.45) is -3.11. The van der Waals surface area contributed by atoms with Crippen LogP contribution in [0.15, 0.2) is 0 Å². The molecule has 1 aliphatic rings. The number of aliphatic carboxylic acids is 1. The summed E-state index contributed by atoms with van der Waals surface area (Å²) in [4.78, 5) is 24.9. The lowest BCUT2D eigenvalue weighted by molar-refractivity contribution is -0.192. The summed E-state index contributed by atoms with van der Waals surface area (Å²) < 4.78 is 56.0. The van der Waals surface area contributed by atoms with Crippen LogP contribution in [0.1, 0.15) is 24.2 Å². The summed E-state index contributed by atoms with van der Waals surface area (Å²) in [5.41, 5.74) is 1.81. The van der Waals surface area contributed by atoms with Crippen LogP contribution in [-0.2, 0) is 39.1 Å². The minimum atomic E-state index is -5.08. The maximum Gasteiger partial charge on any atom is 0.490 e. The molecule has 166 valence electrons. The lowest BCUT2D eigenvalue weighted by atomic mass is 10.2. The molecule has 0 bridgehead atoms. The molecule has 0 aromatic carbocycles. The van der Waals surface area contributed by atoms with Gasteiger partial charge in [0.05, 0.1) is 18.0 Å². The Morgan fingerprint density at radius 1 is 1.24 bits per heavy atom. The molecule has 0 unspecified atom stereocenters. The molecule has 0 saturated heterocycles. The standard InChI is InChI=1S/C13H23N5O3S.C2HF3O2/c1-16(2)9-11-12-10-17(6-4-7-18(12)15-14-11)13(19)5-8-22(3,20)21;3-2(4,5)1(6)7/h4-10H2,1-3H3;(H,6,7). The Hall–Kier alpha value is -2.22. The molecule has 10 nitrogen and oxygen atoms in total. The van der Waals surface area contributed by atoms with Gasteiger partial charge < -0.3 is 14.9 Å². The molecule has 1 N–H and O–H groups in total. The van der Waals surface area contributed by atoms with Gasteiger partial charge in [0.2, 0.25) is 5.91 Å². The fourth-order valence-corrected chi connectivity index (χ4v) is 3.00. The maximum atomic E-state index is 12.3. The van der Waals surface area contributed by atoms with Crippen LogP contribution in [0.25, 0.3) is 0 Å². The number of carboxylic acid groups (broad SMARTS) is 1. The maximum absolute atomic E-state index is 12.3. The predicted molar refractivity (Wildman–Crippen MR) is 95.5 cm³/mol. The highest BCUT2D eigenvalue weighted by atomic mass is 32.2. The van der Waals surface area contributed by atoms with Crippen LogP contribution >= 0.6 is 0 Å². The van der Waals surface area contributed by atoms with Gasteiger partial charge in [-0.2, -0.15) is 13.2 Å². The Labute approximate surface area is 166 Å². The first-order valence-corrected chi connectivity index (χ1v) is 10.6. The summed E-state index contributed by atoms with van der Waals surface area (Å²) in [5.74, 6) is -2.99. The van der Waals surface area contributed by atoms with E-state index in [-0.39, 0.29) is 18.1 Å². The summed E-state index contributed by atoms with van der Waals surface area (Å²) in [5, 5.41) is 15.5. The van der Waals surface area contributed by atoms with E-state index in [0.29, 0.717) is 19.6 Å². The van der Waals surface area contributed by atoms with Crippen LogP contribution in [0.3, 0.4) is 0 Å². The summed E-state index contributed by atoms with van der Waals surface area (Å²) in [6.45, 7) is 2.46. The van der Waals surface area contributed by atoms with Gasteiger partial charge in [0, 0.05) is 32.3 Å². The molecular formula is C15H24F3N5O5S. The Balaban J connectivity index is 0.000000516. The minimum Gasteiger partial charge on any atom is -0.475 e. The van der Waals surface area contributed by atoms with Gasteiger partial charge in [-0.3, -0.25) is 4.79 Å². The average molecular weight is 443 g/mol. The number of halogens is 3. The van der Waals surface area contributed by atoms with Gasteiger partial charge in [-0.05, 0) is 20.5 Å². The summed E-state index contributed by atoms with van der Waals surface area (Å²) in [6, 6.07) is 0. The molecule has 14 heteroatoms. The SMILES string of the molecule is CN(C)Cc1nnn2c1CN(C(=O)CCS(C)(=O)=O)CCC2.O=C(O)C(F)(F)F. The van der Waals surface area contributed by atoms with Crippen molar-refractivity contribution in [2.75, 3.05) is 32.6 Å². The van der Waals surface area contributed by atoms with E-state index in [4.69, 9.17) is 9.90 Å². The quantitative estimate of drug-likeness (QED) is 0.681. The van der Waals surface area contributed by atoms with Crippen LogP contribution in [-0.4, -0.2) is 89.0 Å². The van der Waals surface area contributed by atoms with Gasteiger partial charge in [-0.25, -0.2) is 17.9 Å². The number of fused-ring (bicyclic) bond motifs is 1. The molecule has 1 aromatic rings. The fraction of sp³-hybridized carbons (Fsp3) is 0.733. The van der Waals surface area contributed by atoms with Crippen molar-refractivity contribution in [1.82, 2.24) is 24.8 Å². The molecule has 1 aromatic heterocycles. The minimum absolute atomic E-state index is 0.0312. The first-order valence-electron chi connectivity index (χ1n) is 8.52. The lowest BCUT2D eigenvalue weighted by Gasteiger charge is -2.20. The Bertz CT molecular complexity index is 823. The average Bonchev–Trinajstić information content (AvgIpc) is 2.79. The molecule has 2 rings (SSSR count). The van der Waals surface area contributed by atoms with Crippen LogP contribution in [0.5, 0.6) is 0 Å². The third-order valence-electron chi connectivity index (χ3n) is 3.80. The molecule has 0 radical (unpaired) electrons. The summed E-state index contributed by atoms with van der Waals surface area (Å²) in [7, 11) is 0.787. The number of amides is 1. The van der Waals surface area contributed by atoms with E-state index in [1.54, 1.807) is 4.90 Å². The normalized spacial score (nSPS) is 14.7. The Morgan fingerprint density at radius 3 is 2.31 bits per heavy atom. The molecule has 0 fully saturated rings. The Morgan fingerprint density at radius 2 is 1.83 bits per heavy atom. The van der Waals surface area contributed by atoms with Crippen molar-refractivity contribution in [2.24, 2.45) is 0 Å². The fourth-order valence-electron chi connectivity index (χ4n) is 2.46. The zero-order chi connectivity index (χ0) is 22.4. The highest BCUT2D eigenvalue weighted by Crippen LogP contribution is 2.16. The van der Waals surface area contributed by atoms with Crippen molar-refractivity contribution in [2.45, 2.75) is 38.7 Å². The molecule has 0 saturated carbocycles. The van der Waals surface area contributed by atoms with Gasteiger partial charge in [0.25, 0.3) is 0 Å². The smallest absolute Gasteiger partial charge is 0.475 e. The van der Waals surface area contributed by atoms with Gasteiger partial charge in [-0.15, -0.1) is 5.10 Å². The number of rotatable bonds is 5. The molecule has 29 heavy (non-hydrogen) atoms. The van der Waals surface area contributed by atoms with Crippen molar-refractivity contribution in [1.29, 1.82) is 0 Å². The monoisotopic (exact) mass is 443 g/mol. The third-order valence-corrected chi connectivity index (χ3v) is 4.75. The van der Waals surface area contributed by atoms with E-state index < -0.39 is 22.0 Å². The highest BCUT2D eigenvalue weighted by Gasteiger charge is 2.38. The van der Waals surface area contributed by atoms with Crippen molar-refractivity contribution >= 4 is 21.7 Å². The largest absolute Gasteiger partial charge is 0.490 e. The number of aromatic nitrogens is 3. The first kappa shape index (κ1) is 24.8. The molecule has 0 aliphatic carbocycles. The zero-order valence-electron chi connectivity index (χ0n) is 16.3. The van der Waals surface area contributed by atoms with Gasteiger partial charge >= 0.3 is 12.1 Å². The molecule has 2 heterocycles. The third kappa shape index (κ3) is 8.77. The van der Waals surface area contributed by atoms with Crippen molar-refractivity contribution < 1.29 is 36.3 Å². The molecular weight excluding hydrogens is 419 g/mol. The van der Waals surface area contributed by atoms with Gasteiger partial charge in [0.1, 0.15) is 15.5 Å². The van der Waals surface area contributed by atoms with Crippen molar-refractivity contribution in [3.8, 4) is 0 Å². The number of carboxylic acids is 1. The van der Waals surface area contributed by atoms with E-state index in [0.717, 1.165) is 30.6 Å². The van der Waals surface area contributed by atoms with Crippen LogP contribution in [0.4, 0.5) is 13.2 Å². The van der Waals surface area contributed by atoms with Crippen molar-refractivity contribution in [3.63, 3.8) is 0 Å². The second-order valence-electron chi connectivity index (χ2n) is 6.80. The van der Waals surface area contributed by atoms with E-state index in [1.807, 2.05) is 23.7 Å². The zero-order valence-corrected chi connectivity index (χ0v) is 17.1. The number of sulfone groups is 1. The Kier molecular flexibility index (Phi) is 8.56. The molecule has 1 amide bonds. The van der Waals surface area contributed by atoms with Gasteiger partial charge in [0.15, 0.2) is 0 Å². The number of carbonyl (C=O) groups excluding carboxylic acids is 1. The van der Waals surface area contributed by atoms with Crippen LogP contribution < -0.4 is 0 Å². The highest BCUT2D eigenvalue weighted by molar-refractivity contribution is 7.90. The van der Waals surface area contributed by atoms with E-state index in [2.05, 4.69) is 10.3 Å². The second-order valence-corrected chi connectivity index (χ2v) is 9.06. The van der Waals surface area contributed by atoms with E-state index in [1.165, 1.54) is 0 Å². The number of aryl methyl sites for hydroxylation is 1. The first-order chi connectivity index (χ1) is 13.2. The summed E-state index contributed by atoms with van der Waals surface area (Å²) >= 11 is 0. The number of hydrogen-bond acceptors (Lipinski definition) is 7. The number of alkyl halides is 3. The molecule has 0 atom stereocenters. The van der Waals surface area contributed by atoms with Gasteiger partial charge in [-0.1, -0.05) is 5.21 Å². The number of hydrogen-bond donors (Lipinski definition) is 1. The van der Waals surface area contributed by atoms with E-state index in [9.17, 15) is 26.4 Å². The van der Waals surface area contributed by atoms with E-state index >= 15 is 0 Å². The topological polar surface area (TPSA) is 126 Å². The predicted octanol–water partition coefficient (Wildman–Crippen LogP) is 0.140. The van der Waals surface area contributed by atoms with Crippen molar-refractivity contribution in [3.05, 3.63) is 11.4 Å².